The maximum Gasteiger partial charge on any atom is 0.256 e. The van der Waals surface area contributed by atoms with Crippen LogP contribution in [0.2, 0.25) is 5.15 Å². The topological polar surface area (TPSA) is 42.0 Å². The molecule has 0 spiro atoms. The van der Waals surface area contributed by atoms with Gasteiger partial charge < -0.3 is 5.32 Å². The molecule has 0 radical (unpaired) electrons. The Balaban J connectivity index is 2.19. The molecule has 1 N–H and O–H groups in total. The summed E-state index contributed by atoms with van der Waals surface area (Å²) >= 11 is 8.72. The number of benzene rings is 1. The van der Waals surface area contributed by atoms with Crippen molar-refractivity contribution in [1.82, 2.24) is 4.98 Å². The van der Waals surface area contributed by atoms with E-state index in [9.17, 15) is 9.18 Å². The van der Waals surface area contributed by atoms with Crippen LogP contribution in [0.25, 0.3) is 0 Å². The summed E-state index contributed by atoms with van der Waals surface area (Å²) in [7, 11) is 0. The van der Waals surface area contributed by atoms with Crippen LogP contribution >= 0.6 is 27.5 Å². The molecule has 18 heavy (non-hydrogen) atoms. The van der Waals surface area contributed by atoms with Gasteiger partial charge in [-0.15, -0.1) is 0 Å². The fourth-order valence-corrected chi connectivity index (χ4v) is 1.85. The van der Waals surface area contributed by atoms with Crippen LogP contribution < -0.4 is 5.32 Å². The van der Waals surface area contributed by atoms with E-state index >= 15 is 0 Å². The summed E-state index contributed by atoms with van der Waals surface area (Å²) in [5.41, 5.74) is 0.324. The highest BCUT2D eigenvalue weighted by molar-refractivity contribution is 9.10. The molecule has 0 atom stereocenters. The SMILES string of the molecule is O=C(Nc1cccc(Cl)n1)c1ccc(F)c(Br)c1. The highest BCUT2D eigenvalue weighted by Gasteiger charge is 2.09. The molecular formula is C12H7BrClFN2O. The third kappa shape index (κ3) is 3.05. The Hall–Kier alpha value is -1.46. The first-order chi connectivity index (χ1) is 8.56. The first-order valence-corrected chi connectivity index (χ1v) is 6.12. The minimum Gasteiger partial charge on any atom is -0.307 e. The molecule has 2 aromatic rings. The fraction of sp³-hybridized carbons (Fsp3) is 0. The lowest BCUT2D eigenvalue weighted by molar-refractivity contribution is 0.102. The van der Waals surface area contributed by atoms with Gasteiger partial charge in [-0.2, -0.15) is 0 Å². The Morgan fingerprint density at radius 2 is 2.11 bits per heavy atom. The molecule has 0 aliphatic rings. The quantitative estimate of drug-likeness (QED) is 0.849. The molecule has 0 fully saturated rings. The van der Waals surface area contributed by atoms with E-state index < -0.39 is 5.82 Å². The summed E-state index contributed by atoms with van der Waals surface area (Å²) in [6.07, 6.45) is 0. The number of nitrogens with one attached hydrogen (secondary N) is 1. The van der Waals surface area contributed by atoms with Gasteiger partial charge in [0.1, 0.15) is 16.8 Å². The second kappa shape index (κ2) is 5.46. The molecule has 92 valence electrons. The maximum atomic E-state index is 13.0. The molecule has 0 unspecified atom stereocenters. The average Bonchev–Trinajstić information content (AvgIpc) is 2.32. The molecule has 2 rings (SSSR count). The molecule has 1 aromatic heterocycles. The number of nitrogens with zero attached hydrogens (tertiary/aromatic N) is 1. The molecule has 0 saturated carbocycles. The van der Waals surface area contributed by atoms with Gasteiger partial charge in [0.25, 0.3) is 5.91 Å². The average molecular weight is 330 g/mol. The Bertz CT molecular complexity index is 606. The second-order valence-electron chi connectivity index (χ2n) is 3.43. The largest absolute Gasteiger partial charge is 0.307 e. The number of pyridine rings is 1. The zero-order valence-corrected chi connectivity index (χ0v) is 11.3. The van der Waals surface area contributed by atoms with E-state index in [0.717, 1.165) is 0 Å². The number of hydrogen-bond donors (Lipinski definition) is 1. The van der Waals surface area contributed by atoms with Gasteiger partial charge in [-0.25, -0.2) is 9.37 Å². The van der Waals surface area contributed by atoms with E-state index in [2.05, 4.69) is 26.2 Å². The Morgan fingerprint density at radius 1 is 1.33 bits per heavy atom. The molecule has 6 heteroatoms. The van der Waals surface area contributed by atoms with Crippen LogP contribution in [0, 0.1) is 5.82 Å². The lowest BCUT2D eigenvalue weighted by Gasteiger charge is -2.05. The van der Waals surface area contributed by atoms with Crippen LogP contribution in [-0.2, 0) is 0 Å². The summed E-state index contributed by atoms with van der Waals surface area (Å²) in [6.45, 7) is 0. The van der Waals surface area contributed by atoms with E-state index in [1.54, 1.807) is 18.2 Å². The van der Waals surface area contributed by atoms with Gasteiger partial charge in [0.2, 0.25) is 0 Å². The van der Waals surface area contributed by atoms with Crippen molar-refractivity contribution in [2.24, 2.45) is 0 Å². The van der Waals surface area contributed by atoms with E-state index in [4.69, 9.17) is 11.6 Å². The molecule has 0 saturated heterocycles. The predicted octanol–water partition coefficient (Wildman–Crippen LogP) is 3.89. The zero-order chi connectivity index (χ0) is 13.1. The lowest BCUT2D eigenvalue weighted by atomic mass is 10.2. The molecule has 1 heterocycles. The zero-order valence-electron chi connectivity index (χ0n) is 8.95. The van der Waals surface area contributed by atoms with Crippen molar-refractivity contribution < 1.29 is 9.18 Å². The molecular weight excluding hydrogens is 322 g/mol. The van der Waals surface area contributed by atoms with E-state index in [0.29, 0.717) is 11.4 Å². The van der Waals surface area contributed by atoms with Crippen LogP contribution in [0.1, 0.15) is 10.4 Å². The number of carbonyl (C=O) groups is 1. The van der Waals surface area contributed by atoms with Gasteiger partial charge in [-0.1, -0.05) is 17.7 Å². The number of rotatable bonds is 2. The Kier molecular flexibility index (Phi) is 3.93. The number of hydrogen-bond acceptors (Lipinski definition) is 2. The van der Waals surface area contributed by atoms with Crippen molar-refractivity contribution in [3.05, 3.63) is 57.4 Å². The first kappa shape index (κ1) is 13.0. The molecule has 1 amide bonds. The summed E-state index contributed by atoms with van der Waals surface area (Å²) in [6, 6.07) is 8.89. The fourth-order valence-electron chi connectivity index (χ4n) is 1.30. The van der Waals surface area contributed by atoms with Gasteiger partial charge in [-0.3, -0.25) is 4.79 Å². The smallest absolute Gasteiger partial charge is 0.256 e. The van der Waals surface area contributed by atoms with E-state index in [-0.39, 0.29) is 15.5 Å². The molecule has 0 bridgehead atoms. The van der Waals surface area contributed by atoms with Crippen molar-refractivity contribution in [2.75, 3.05) is 5.32 Å². The van der Waals surface area contributed by atoms with Gasteiger partial charge in [-0.05, 0) is 46.3 Å². The second-order valence-corrected chi connectivity index (χ2v) is 4.67. The van der Waals surface area contributed by atoms with Crippen molar-refractivity contribution in [1.29, 1.82) is 0 Å². The number of halogens is 3. The predicted molar refractivity (Wildman–Crippen MR) is 71.3 cm³/mol. The molecule has 0 aliphatic carbocycles. The maximum absolute atomic E-state index is 13.0. The van der Waals surface area contributed by atoms with Crippen molar-refractivity contribution in [3.63, 3.8) is 0 Å². The lowest BCUT2D eigenvalue weighted by Crippen LogP contribution is -2.13. The molecule has 1 aromatic carbocycles. The number of amides is 1. The molecule has 0 aliphatic heterocycles. The van der Waals surface area contributed by atoms with Gasteiger partial charge in [0, 0.05) is 5.56 Å². The molecule has 3 nitrogen and oxygen atoms in total. The van der Waals surface area contributed by atoms with Crippen LogP contribution in [0.5, 0.6) is 0 Å². The highest BCUT2D eigenvalue weighted by atomic mass is 79.9. The third-order valence-corrected chi connectivity index (χ3v) is 2.96. The van der Waals surface area contributed by atoms with Gasteiger partial charge in [0.05, 0.1) is 4.47 Å². The minimum atomic E-state index is -0.424. The van der Waals surface area contributed by atoms with E-state index in [1.807, 2.05) is 0 Å². The van der Waals surface area contributed by atoms with Crippen LogP contribution in [-0.4, -0.2) is 10.9 Å². The summed E-state index contributed by atoms with van der Waals surface area (Å²) in [4.78, 5) is 15.8. The van der Waals surface area contributed by atoms with Crippen LogP contribution in [0.15, 0.2) is 40.9 Å². The summed E-state index contributed by atoms with van der Waals surface area (Å²) in [5.74, 6) is -0.467. The monoisotopic (exact) mass is 328 g/mol. The Morgan fingerprint density at radius 3 is 2.78 bits per heavy atom. The number of anilines is 1. The van der Waals surface area contributed by atoms with Crippen LogP contribution in [0.3, 0.4) is 0 Å². The van der Waals surface area contributed by atoms with Gasteiger partial charge >= 0.3 is 0 Å². The highest BCUT2D eigenvalue weighted by Crippen LogP contribution is 2.18. The van der Waals surface area contributed by atoms with Crippen molar-refractivity contribution in [2.45, 2.75) is 0 Å². The number of carbonyl (C=O) groups excluding carboxylic acids is 1. The summed E-state index contributed by atoms with van der Waals surface area (Å²) in [5, 5.41) is 2.85. The van der Waals surface area contributed by atoms with Crippen LogP contribution in [0.4, 0.5) is 10.2 Å². The Labute approximate surface area is 116 Å². The normalized spacial score (nSPS) is 10.2. The number of aromatic nitrogens is 1. The summed E-state index contributed by atoms with van der Waals surface area (Å²) < 4.78 is 13.3. The minimum absolute atomic E-state index is 0.231. The van der Waals surface area contributed by atoms with E-state index in [1.165, 1.54) is 18.2 Å². The van der Waals surface area contributed by atoms with Crippen molar-refractivity contribution >= 4 is 39.3 Å². The van der Waals surface area contributed by atoms with Crippen molar-refractivity contribution in [3.8, 4) is 0 Å². The van der Waals surface area contributed by atoms with Gasteiger partial charge in [0.15, 0.2) is 0 Å². The first-order valence-electron chi connectivity index (χ1n) is 4.95. The standard InChI is InChI=1S/C12H7BrClFN2O/c13-8-6-7(4-5-9(8)15)12(18)17-11-3-1-2-10(14)16-11/h1-6H,(H,16,17,18). The third-order valence-electron chi connectivity index (χ3n) is 2.14.